The average molecular weight is 324 g/mol. The van der Waals surface area contributed by atoms with Crippen molar-refractivity contribution in [2.24, 2.45) is 5.92 Å². The molecule has 122 valence electrons. The largest absolute Gasteiger partial charge is 0.396 e. The Morgan fingerprint density at radius 1 is 1.18 bits per heavy atom. The quantitative estimate of drug-likeness (QED) is 0.817. The number of hydrogen-bond donors (Lipinski definition) is 2. The van der Waals surface area contributed by atoms with Gasteiger partial charge in [-0.2, -0.15) is 0 Å². The van der Waals surface area contributed by atoms with Crippen LogP contribution in [0.3, 0.4) is 0 Å². The van der Waals surface area contributed by atoms with Crippen LogP contribution in [0, 0.1) is 5.92 Å². The summed E-state index contributed by atoms with van der Waals surface area (Å²) < 4.78 is 27.2. The molecule has 22 heavy (non-hydrogen) atoms. The maximum atomic E-state index is 12.2. The fraction of sp³-hybridized carbons (Fsp3) is 0.625. The monoisotopic (exact) mass is 324 g/mol. The van der Waals surface area contributed by atoms with Crippen LogP contribution in [0.15, 0.2) is 30.3 Å². The zero-order valence-electron chi connectivity index (χ0n) is 12.7. The van der Waals surface area contributed by atoms with E-state index in [0.29, 0.717) is 6.54 Å². The smallest absolute Gasteiger partial charge is 0.214 e. The summed E-state index contributed by atoms with van der Waals surface area (Å²) in [5.74, 6) is 0.0144. The van der Waals surface area contributed by atoms with Gasteiger partial charge in [-0.1, -0.05) is 30.3 Å². The molecule has 2 fully saturated rings. The average Bonchev–Trinajstić information content (AvgIpc) is 3.33. The van der Waals surface area contributed by atoms with Crippen LogP contribution in [0.5, 0.6) is 0 Å². The lowest BCUT2D eigenvalue weighted by Gasteiger charge is -2.38. The lowest BCUT2D eigenvalue weighted by atomic mass is 9.93. The summed E-state index contributed by atoms with van der Waals surface area (Å²) in [6, 6.07) is 10.0. The number of rotatable bonds is 6. The van der Waals surface area contributed by atoms with E-state index in [9.17, 15) is 13.5 Å². The highest BCUT2D eigenvalue weighted by atomic mass is 32.2. The van der Waals surface area contributed by atoms with Gasteiger partial charge < -0.3 is 5.11 Å². The number of hydrogen-bond acceptors (Lipinski definition) is 4. The summed E-state index contributed by atoms with van der Waals surface area (Å²) in [4.78, 5) is 2.27. The summed E-state index contributed by atoms with van der Waals surface area (Å²) in [6.45, 7) is 2.41. The first-order valence-electron chi connectivity index (χ1n) is 7.97. The van der Waals surface area contributed by atoms with Crippen LogP contribution in [-0.2, 0) is 16.6 Å². The van der Waals surface area contributed by atoms with Gasteiger partial charge in [0.1, 0.15) is 0 Å². The van der Waals surface area contributed by atoms with Crippen LogP contribution in [-0.4, -0.2) is 49.4 Å². The van der Waals surface area contributed by atoms with Gasteiger partial charge in [-0.25, -0.2) is 13.1 Å². The molecule has 0 spiro atoms. The number of nitrogens with zero attached hydrogens (tertiary/aromatic N) is 1. The Bertz CT molecular complexity index is 587. The van der Waals surface area contributed by atoms with E-state index < -0.39 is 10.0 Å². The van der Waals surface area contributed by atoms with Gasteiger partial charge in [0, 0.05) is 31.7 Å². The fourth-order valence-electron chi connectivity index (χ4n) is 3.09. The Hall–Kier alpha value is -0.950. The maximum Gasteiger partial charge on any atom is 0.214 e. The van der Waals surface area contributed by atoms with Crippen molar-refractivity contribution in [1.82, 2.24) is 9.62 Å². The van der Waals surface area contributed by atoms with Gasteiger partial charge in [-0.05, 0) is 31.4 Å². The molecular formula is C16H24N2O3S. The van der Waals surface area contributed by atoms with Gasteiger partial charge in [-0.15, -0.1) is 0 Å². The summed E-state index contributed by atoms with van der Waals surface area (Å²) in [5.41, 5.74) is 1.23. The molecule has 2 N–H and O–H groups in total. The molecule has 2 aliphatic rings. The highest BCUT2D eigenvalue weighted by Gasteiger charge is 2.39. The van der Waals surface area contributed by atoms with E-state index in [0.717, 1.165) is 32.4 Å². The fourth-order valence-corrected chi connectivity index (χ4v) is 4.73. The van der Waals surface area contributed by atoms with Gasteiger partial charge in [-0.3, -0.25) is 4.90 Å². The van der Waals surface area contributed by atoms with E-state index in [1.54, 1.807) is 0 Å². The van der Waals surface area contributed by atoms with Crippen molar-refractivity contribution in [1.29, 1.82) is 0 Å². The molecule has 3 rings (SSSR count). The second-order valence-electron chi connectivity index (χ2n) is 6.42. The molecule has 0 aromatic heterocycles. The van der Waals surface area contributed by atoms with Crippen molar-refractivity contribution >= 4 is 10.0 Å². The third kappa shape index (κ3) is 3.87. The van der Waals surface area contributed by atoms with Crippen molar-refractivity contribution < 1.29 is 13.5 Å². The molecule has 1 aromatic rings. The Morgan fingerprint density at radius 2 is 1.91 bits per heavy atom. The second kappa shape index (κ2) is 6.66. The predicted octanol–water partition coefficient (Wildman–Crippen LogP) is 0.951. The van der Waals surface area contributed by atoms with Crippen LogP contribution in [0.25, 0.3) is 0 Å². The van der Waals surface area contributed by atoms with Crippen LogP contribution < -0.4 is 4.72 Å². The molecule has 0 bridgehead atoms. The first-order valence-corrected chi connectivity index (χ1v) is 9.51. The zero-order valence-corrected chi connectivity index (χ0v) is 13.5. The normalized spacial score (nSPS) is 27.0. The summed E-state index contributed by atoms with van der Waals surface area (Å²) in [6.07, 6.45) is 2.35. The number of benzene rings is 1. The number of nitrogens with one attached hydrogen (secondary N) is 1. The Balaban J connectivity index is 1.64. The number of likely N-dealkylation sites (tertiary alicyclic amines) is 1. The highest BCUT2D eigenvalue weighted by Crippen LogP contribution is 2.29. The van der Waals surface area contributed by atoms with Crippen LogP contribution >= 0.6 is 0 Å². The first-order chi connectivity index (χ1) is 10.6. The molecule has 1 aromatic carbocycles. The number of aliphatic hydroxyl groups excluding tert-OH is 1. The summed E-state index contributed by atoms with van der Waals surface area (Å²) >= 11 is 0. The number of piperidine rings is 1. The molecule has 0 unspecified atom stereocenters. The van der Waals surface area contributed by atoms with E-state index >= 15 is 0 Å². The third-order valence-corrected chi connectivity index (χ3v) is 6.58. The van der Waals surface area contributed by atoms with Crippen molar-refractivity contribution in [3.8, 4) is 0 Å². The molecule has 5 nitrogen and oxygen atoms in total. The maximum absolute atomic E-state index is 12.2. The minimum Gasteiger partial charge on any atom is -0.396 e. The third-order valence-electron chi connectivity index (χ3n) is 4.60. The molecule has 2 atom stereocenters. The molecule has 1 saturated heterocycles. The number of aliphatic hydroxyl groups is 1. The SMILES string of the molecule is O=S(=O)(N[C@@H]1CN(Cc2ccccc2)CC[C@H]1CO)C1CC1. The van der Waals surface area contributed by atoms with Gasteiger partial charge in [0.25, 0.3) is 0 Å². The van der Waals surface area contributed by atoms with E-state index in [-0.39, 0.29) is 23.8 Å². The lowest BCUT2D eigenvalue weighted by Crippen LogP contribution is -2.53. The van der Waals surface area contributed by atoms with Gasteiger partial charge in [0.15, 0.2) is 0 Å². The molecule has 1 aliphatic heterocycles. The van der Waals surface area contributed by atoms with E-state index in [1.165, 1.54) is 5.56 Å². The van der Waals surface area contributed by atoms with E-state index in [1.807, 2.05) is 18.2 Å². The van der Waals surface area contributed by atoms with Gasteiger partial charge in [0.2, 0.25) is 10.0 Å². The Morgan fingerprint density at radius 3 is 2.55 bits per heavy atom. The van der Waals surface area contributed by atoms with Crippen molar-refractivity contribution in [3.05, 3.63) is 35.9 Å². The van der Waals surface area contributed by atoms with Crippen LogP contribution in [0.4, 0.5) is 0 Å². The zero-order chi connectivity index (χ0) is 15.6. The molecule has 1 heterocycles. The minimum absolute atomic E-state index is 0.0144. The topological polar surface area (TPSA) is 69.6 Å². The summed E-state index contributed by atoms with van der Waals surface area (Å²) in [7, 11) is -3.21. The molecular weight excluding hydrogens is 300 g/mol. The molecule has 0 radical (unpaired) electrons. The van der Waals surface area contributed by atoms with Crippen molar-refractivity contribution in [2.45, 2.75) is 37.1 Å². The van der Waals surface area contributed by atoms with E-state index in [4.69, 9.17) is 0 Å². The standard InChI is InChI=1S/C16H24N2O3S/c19-12-14-8-9-18(10-13-4-2-1-3-5-13)11-16(14)17-22(20,21)15-6-7-15/h1-5,14-17,19H,6-12H2/t14-,16+/m0/s1. The van der Waals surface area contributed by atoms with E-state index in [2.05, 4.69) is 21.8 Å². The Labute approximate surface area is 132 Å². The first kappa shape index (κ1) is 15.9. The Kier molecular flexibility index (Phi) is 4.82. The summed E-state index contributed by atoms with van der Waals surface area (Å²) in [5, 5.41) is 9.32. The van der Waals surface area contributed by atoms with Crippen LogP contribution in [0.2, 0.25) is 0 Å². The molecule has 6 heteroatoms. The molecule has 1 saturated carbocycles. The van der Waals surface area contributed by atoms with Crippen molar-refractivity contribution in [2.75, 3.05) is 19.7 Å². The molecule has 1 aliphatic carbocycles. The van der Waals surface area contributed by atoms with Gasteiger partial charge >= 0.3 is 0 Å². The molecule has 0 amide bonds. The lowest BCUT2D eigenvalue weighted by molar-refractivity contribution is 0.101. The van der Waals surface area contributed by atoms with Crippen LogP contribution in [0.1, 0.15) is 24.8 Å². The van der Waals surface area contributed by atoms with Crippen molar-refractivity contribution in [3.63, 3.8) is 0 Å². The minimum atomic E-state index is -3.21. The highest BCUT2D eigenvalue weighted by molar-refractivity contribution is 7.90. The number of sulfonamides is 1. The predicted molar refractivity (Wildman–Crippen MR) is 85.8 cm³/mol. The van der Waals surface area contributed by atoms with Gasteiger partial charge in [0.05, 0.1) is 5.25 Å². The second-order valence-corrected chi connectivity index (χ2v) is 8.41.